The Kier molecular flexibility index (Phi) is 6.77. The van der Waals surface area contributed by atoms with Gasteiger partial charge in [0.25, 0.3) is 5.91 Å². The van der Waals surface area contributed by atoms with Crippen molar-refractivity contribution in [3.05, 3.63) is 35.4 Å². The first kappa shape index (κ1) is 19.9. The zero-order valence-electron chi connectivity index (χ0n) is 15.9. The predicted octanol–water partition coefficient (Wildman–Crippen LogP) is 1.75. The van der Waals surface area contributed by atoms with Crippen molar-refractivity contribution in [1.82, 2.24) is 16.0 Å². The van der Waals surface area contributed by atoms with E-state index in [0.29, 0.717) is 18.7 Å². The Labute approximate surface area is 155 Å². The van der Waals surface area contributed by atoms with Crippen LogP contribution in [0.2, 0.25) is 0 Å². The van der Waals surface area contributed by atoms with Crippen LogP contribution in [0.1, 0.15) is 56.0 Å². The molecule has 1 saturated carbocycles. The third-order valence-electron chi connectivity index (χ3n) is 4.35. The van der Waals surface area contributed by atoms with E-state index < -0.39 is 0 Å². The van der Waals surface area contributed by atoms with Gasteiger partial charge in [-0.2, -0.15) is 0 Å². The molecule has 1 fully saturated rings. The summed E-state index contributed by atoms with van der Waals surface area (Å²) in [5.74, 6) is -0.0774. The number of hydrogen-bond donors (Lipinski definition) is 3. The fourth-order valence-electron chi connectivity index (χ4n) is 2.48. The minimum Gasteiger partial charge on any atom is -0.354 e. The van der Waals surface area contributed by atoms with Crippen LogP contribution < -0.4 is 16.0 Å². The van der Waals surface area contributed by atoms with Crippen LogP contribution in [0.25, 0.3) is 0 Å². The van der Waals surface area contributed by atoms with Gasteiger partial charge in [0.2, 0.25) is 11.8 Å². The second kappa shape index (κ2) is 8.83. The lowest BCUT2D eigenvalue weighted by molar-refractivity contribution is -0.123. The average Bonchev–Trinajstić information content (AvgIpc) is 3.43. The molecule has 1 aliphatic rings. The smallest absolute Gasteiger partial charge is 0.251 e. The second-order valence-corrected chi connectivity index (χ2v) is 7.75. The quantitative estimate of drug-likeness (QED) is 0.618. The minimum atomic E-state index is -0.185. The SMILES string of the molecule is CC(C)(C)c1ccc(C(=O)NCCC(=O)NCCNC(=O)C2CC2)cc1. The largest absolute Gasteiger partial charge is 0.354 e. The molecule has 0 heterocycles. The molecule has 1 aromatic rings. The summed E-state index contributed by atoms with van der Waals surface area (Å²) in [6, 6.07) is 7.52. The first-order chi connectivity index (χ1) is 12.3. The van der Waals surface area contributed by atoms with Gasteiger partial charge in [0.15, 0.2) is 0 Å². The van der Waals surface area contributed by atoms with E-state index in [9.17, 15) is 14.4 Å². The molecule has 0 atom stereocenters. The van der Waals surface area contributed by atoms with Gasteiger partial charge >= 0.3 is 0 Å². The summed E-state index contributed by atoms with van der Waals surface area (Å²) in [4.78, 5) is 35.3. The summed E-state index contributed by atoms with van der Waals surface area (Å²) < 4.78 is 0. The van der Waals surface area contributed by atoms with Crippen molar-refractivity contribution < 1.29 is 14.4 Å². The van der Waals surface area contributed by atoms with E-state index >= 15 is 0 Å². The zero-order chi connectivity index (χ0) is 19.2. The summed E-state index contributed by atoms with van der Waals surface area (Å²) in [5.41, 5.74) is 1.80. The Morgan fingerprint density at radius 2 is 1.54 bits per heavy atom. The van der Waals surface area contributed by atoms with E-state index in [4.69, 9.17) is 0 Å². The topological polar surface area (TPSA) is 87.3 Å². The Hall–Kier alpha value is -2.37. The lowest BCUT2D eigenvalue weighted by Crippen LogP contribution is -2.36. The summed E-state index contributed by atoms with van der Waals surface area (Å²) >= 11 is 0. The maximum absolute atomic E-state index is 12.1. The van der Waals surface area contributed by atoms with Crippen molar-refractivity contribution in [1.29, 1.82) is 0 Å². The maximum Gasteiger partial charge on any atom is 0.251 e. The molecule has 0 radical (unpaired) electrons. The van der Waals surface area contributed by atoms with Crippen LogP contribution in [0.15, 0.2) is 24.3 Å². The highest BCUT2D eigenvalue weighted by atomic mass is 16.2. The second-order valence-electron chi connectivity index (χ2n) is 7.75. The summed E-state index contributed by atoms with van der Waals surface area (Å²) in [7, 11) is 0. The minimum absolute atomic E-state index is 0.0468. The standard InChI is InChI=1S/C20H29N3O3/c1-20(2,3)16-8-6-15(7-9-16)18(25)22-11-10-17(24)21-12-13-23-19(26)14-4-5-14/h6-9,14H,4-5,10-13H2,1-3H3,(H,21,24)(H,22,25)(H,23,26). The van der Waals surface area contributed by atoms with E-state index in [0.717, 1.165) is 12.8 Å². The van der Waals surface area contributed by atoms with Crippen molar-refractivity contribution in [3.8, 4) is 0 Å². The van der Waals surface area contributed by atoms with E-state index in [-0.39, 0.29) is 42.0 Å². The summed E-state index contributed by atoms with van der Waals surface area (Å²) in [6.45, 7) is 7.49. The molecule has 26 heavy (non-hydrogen) atoms. The van der Waals surface area contributed by atoms with Crippen LogP contribution in [-0.4, -0.2) is 37.4 Å². The van der Waals surface area contributed by atoms with Gasteiger partial charge in [0.05, 0.1) is 0 Å². The molecule has 0 aliphatic heterocycles. The average molecular weight is 359 g/mol. The molecule has 3 N–H and O–H groups in total. The molecule has 1 aliphatic carbocycles. The molecule has 0 unspecified atom stereocenters. The molecule has 3 amide bonds. The number of rotatable bonds is 8. The highest BCUT2D eigenvalue weighted by Gasteiger charge is 2.28. The monoisotopic (exact) mass is 359 g/mol. The molecular formula is C20H29N3O3. The molecule has 0 bridgehead atoms. The Morgan fingerprint density at radius 1 is 0.923 bits per heavy atom. The third kappa shape index (κ3) is 6.50. The van der Waals surface area contributed by atoms with Crippen LogP contribution in [0.5, 0.6) is 0 Å². The molecule has 142 valence electrons. The van der Waals surface area contributed by atoms with Crippen LogP contribution in [0, 0.1) is 5.92 Å². The van der Waals surface area contributed by atoms with Crippen molar-refractivity contribution >= 4 is 17.7 Å². The number of carbonyl (C=O) groups is 3. The van der Waals surface area contributed by atoms with E-state index in [2.05, 4.69) is 36.7 Å². The molecule has 2 rings (SSSR count). The maximum atomic E-state index is 12.1. The third-order valence-corrected chi connectivity index (χ3v) is 4.35. The van der Waals surface area contributed by atoms with Gasteiger partial charge in [0, 0.05) is 37.5 Å². The number of carbonyl (C=O) groups excluding carboxylic acids is 3. The molecule has 6 nitrogen and oxygen atoms in total. The predicted molar refractivity (Wildman–Crippen MR) is 101 cm³/mol. The lowest BCUT2D eigenvalue weighted by Gasteiger charge is -2.19. The molecule has 0 saturated heterocycles. The highest BCUT2D eigenvalue weighted by molar-refractivity contribution is 5.94. The highest BCUT2D eigenvalue weighted by Crippen LogP contribution is 2.28. The first-order valence-electron chi connectivity index (χ1n) is 9.20. The lowest BCUT2D eigenvalue weighted by atomic mass is 9.87. The van der Waals surface area contributed by atoms with Gasteiger partial charge in [-0.3, -0.25) is 14.4 Å². The Balaban J connectivity index is 1.61. The van der Waals surface area contributed by atoms with Crippen LogP contribution in [0.4, 0.5) is 0 Å². The Morgan fingerprint density at radius 3 is 2.12 bits per heavy atom. The van der Waals surface area contributed by atoms with E-state index in [1.807, 2.05) is 12.1 Å². The normalized spacial score (nSPS) is 13.8. The molecule has 6 heteroatoms. The summed E-state index contributed by atoms with van der Waals surface area (Å²) in [5, 5.41) is 8.27. The number of benzene rings is 1. The van der Waals surface area contributed by atoms with Gasteiger partial charge in [-0.1, -0.05) is 32.9 Å². The molecule has 0 spiro atoms. The van der Waals surface area contributed by atoms with E-state index in [1.54, 1.807) is 12.1 Å². The van der Waals surface area contributed by atoms with Crippen LogP contribution in [-0.2, 0) is 15.0 Å². The first-order valence-corrected chi connectivity index (χ1v) is 9.20. The van der Waals surface area contributed by atoms with Crippen molar-refractivity contribution in [2.45, 2.75) is 45.4 Å². The number of amides is 3. The fourth-order valence-corrected chi connectivity index (χ4v) is 2.48. The van der Waals surface area contributed by atoms with Crippen molar-refractivity contribution in [2.75, 3.05) is 19.6 Å². The number of hydrogen-bond acceptors (Lipinski definition) is 3. The molecular weight excluding hydrogens is 330 g/mol. The van der Waals surface area contributed by atoms with Crippen molar-refractivity contribution in [2.24, 2.45) is 5.92 Å². The molecule has 1 aromatic carbocycles. The van der Waals surface area contributed by atoms with Gasteiger partial charge in [-0.05, 0) is 36.0 Å². The van der Waals surface area contributed by atoms with Gasteiger partial charge in [-0.25, -0.2) is 0 Å². The van der Waals surface area contributed by atoms with Crippen LogP contribution >= 0.6 is 0 Å². The van der Waals surface area contributed by atoms with Gasteiger partial charge in [0.1, 0.15) is 0 Å². The molecule has 0 aromatic heterocycles. The van der Waals surface area contributed by atoms with E-state index in [1.165, 1.54) is 5.56 Å². The summed E-state index contributed by atoms with van der Waals surface area (Å²) in [6.07, 6.45) is 2.15. The zero-order valence-corrected chi connectivity index (χ0v) is 15.9. The fraction of sp³-hybridized carbons (Fsp3) is 0.550. The Bertz CT molecular complexity index is 643. The number of nitrogens with one attached hydrogen (secondary N) is 3. The van der Waals surface area contributed by atoms with Gasteiger partial charge < -0.3 is 16.0 Å². The van der Waals surface area contributed by atoms with Crippen LogP contribution in [0.3, 0.4) is 0 Å². The van der Waals surface area contributed by atoms with Crippen molar-refractivity contribution in [3.63, 3.8) is 0 Å². The van der Waals surface area contributed by atoms with Gasteiger partial charge in [-0.15, -0.1) is 0 Å².